The van der Waals surface area contributed by atoms with Gasteiger partial charge >= 0.3 is 0 Å². The minimum absolute atomic E-state index is 0.181. The highest BCUT2D eigenvalue weighted by Gasteiger charge is 2.32. The number of benzene rings is 1. The lowest BCUT2D eigenvalue weighted by atomic mass is 9.94. The van der Waals surface area contributed by atoms with Gasteiger partial charge in [0.1, 0.15) is 0 Å². The molecule has 0 aliphatic heterocycles. The second-order valence-corrected chi connectivity index (χ2v) is 5.80. The molecule has 0 bridgehead atoms. The Morgan fingerprint density at radius 2 is 1.89 bits per heavy atom. The summed E-state index contributed by atoms with van der Waals surface area (Å²) in [6, 6.07) is 10.3. The Hall–Kier alpha value is -1.35. The first-order valence-electron chi connectivity index (χ1n) is 7.16. The smallest absolute Gasteiger partial charge is 0.224 e. The number of carbonyl (C=O) groups is 1. The van der Waals surface area contributed by atoms with Gasteiger partial charge in [-0.3, -0.25) is 4.79 Å². The summed E-state index contributed by atoms with van der Waals surface area (Å²) in [4.78, 5) is 14.0. The molecule has 0 spiro atoms. The van der Waals surface area contributed by atoms with Gasteiger partial charge < -0.3 is 10.6 Å². The number of amides is 1. The summed E-state index contributed by atoms with van der Waals surface area (Å²) in [5, 5.41) is 0. The predicted octanol–water partition coefficient (Wildman–Crippen LogP) is 2.35. The van der Waals surface area contributed by atoms with E-state index in [0.717, 1.165) is 38.6 Å². The van der Waals surface area contributed by atoms with Crippen molar-refractivity contribution in [3.05, 3.63) is 35.9 Å². The number of carbonyl (C=O) groups excluding carboxylic acids is 1. The summed E-state index contributed by atoms with van der Waals surface area (Å²) < 4.78 is 0. The van der Waals surface area contributed by atoms with Gasteiger partial charge in [-0.05, 0) is 24.8 Å². The van der Waals surface area contributed by atoms with Gasteiger partial charge in [0.15, 0.2) is 0 Å². The third kappa shape index (κ3) is 4.06. The lowest BCUT2D eigenvalue weighted by Gasteiger charge is -2.26. The Kier molecular flexibility index (Phi) is 4.59. The molecule has 104 valence electrons. The van der Waals surface area contributed by atoms with Gasteiger partial charge in [-0.15, -0.1) is 0 Å². The third-order valence-corrected chi connectivity index (χ3v) is 4.11. The van der Waals surface area contributed by atoms with E-state index in [4.69, 9.17) is 5.73 Å². The Bertz CT molecular complexity index is 410. The zero-order valence-electron chi connectivity index (χ0n) is 11.8. The highest BCUT2D eigenvalue weighted by Crippen LogP contribution is 2.30. The van der Waals surface area contributed by atoms with Gasteiger partial charge in [-0.25, -0.2) is 0 Å². The van der Waals surface area contributed by atoms with E-state index in [9.17, 15) is 4.79 Å². The van der Waals surface area contributed by atoms with Gasteiger partial charge in [0.05, 0.1) is 0 Å². The van der Waals surface area contributed by atoms with Crippen LogP contribution < -0.4 is 5.73 Å². The van der Waals surface area contributed by atoms with Crippen LogP contribution in [0.3, 0.4) is 0 Å². The molecule has 0 unspecified atom stereocenters. The Morgan fingerprint density at radius 3 is 2.53 bits per heavy atom. The summed E-state index contributed by atoms with van der Waals surface area (Å²) in [6.07, 6.45) is 5.71. The first-order chi connectivity index (χ1) is 9.09. The molecule has 2 N–H and O–H groups in total. The summed E-state index contributed by atoms with van der Waals surface area (Å²) in [6.45, 7) is 0.763. The van der Waals surface area contributed by atoms with Crippen LogP contribution in [0.5, 0.6) is 0 Å². The minimum Gasteiger partial charge on any atom is -0.345 e. The second-order valence-electron chi connectivity index (χ2n) is 5.80. The van der Waals surface area contributed by atoms with E-state index in [1.807, 2.05) is 30.1 Å². The molecule has 1 aromatic carbocycles. The molecule has 2 rings (SSSR count). The zero-order chi connectivity index (χ0) is 13.7. The van der Waals surface area contributed by atoms with Crippen molar-refractivity contribution in [3.8, 4) is 0 Å². The molecule has 0 saturated heterocycles. The van der Waals surface area contributed by atoms with Crippen molar-refractivity contribution in [2.24, 2.45) is 5.73 Å². The van der Waals surface area contributed by atoms with E-state index in [0.29, 0.717) is 6.42 Å². The summed E-state index contributed by atoms with van der Waals surface area (Å²) in [5.41, 5.74) is 7.29. The molecule has 1 fully saturated rings. The van der Waals surface area contributed by atoms with Gasteiger partial charge in [-0.2, -0.15) is 0 Å². The fourth-order valence-corrected chi connectivity index (χ4v) is 2.76. The van der Waals surface area contributed by atoms with E-state index in [1.54, 1.807) is 0 Å². The fourth-order valence-electron chi connectivity index (χ4n) is 2.76. The van der Waals surface area contributed by atoms with Crippen LogP contribution in [0.15, 0.2) is 30.3 Å². The number of nitrogens with zero attached hydrogens (tertiary/aromatic N) is 1. The average Bonchev–Trinajstić information content (AvgIpc) is 2.83. The molecule has 1 aliphatic carbocycles. The maximum absolute atomic E-state index is 12.2. The molecule has 1 amide bonds. The lowest BCUT2D eigenvalue weighted by Crippen LogP contribution is -2.43. The molecule has 0 aromatic heterocycles. The number of hydrogen-bond acceptors (Lipinski definition) is 2. The molecule has 1 saturated carbocycles. The number of nitrogens with two attached hydrogens (primary N) is 1. The molecule has 1 aromatic rings. The van der Waals surface area contributed by atoms with Crippen LogP contribution in [0.2, 0.25) is 0 Å². The number of rotatable bonds is 5. The molecular weight excluding hydrogens is 236 g/mol. The maximum atomic E-state index is 12.2. The van der Waals surface area contributed by atoms with Crippen molar-refractivity contribution in [1.82, 2.24) is 4.90 Å². The van der Waals surface area contributed by atoms with Gasteiger partial charge in [0.2, 0.25) is 5.91 Å². The standard InChI is InChI=1S/C16H24N2O/c1-18(12-9-14-7-3-2-4-8-14)15(19)13-16(17)10-5-6-11-16/h2-4,7-8H,5-6,9-13,17H2,1H3. The Morgan fingerprint density at radius 1 is 1.26 bits per heavy atom. The summed E-state index contributed by atoms with van der Waals surface area (Å²) in [7, 11) is 1.88. The van der Waals surface area contributed by atoms with Crippen LogP contribution in [0.25, 0.3) is 0 Å². The average molecular weight is 260 g/mol. The van der Waals surface area contributed by atoms with E-state index in [-0.39, 0.29) is 11.4 Å². The molecule has 0 radical (unpaired) electrons. The second kappa shape index (κ2) is 6.20. The van der Waals surface area contributed by atoms with Crippen molar-refractivity contribution >= 4 is 5.91 Å². The van der Waals surface area contributed by atoms with Crippen LogP contribution in [-0.2, 0) is 11.2 Å². The first-order valence-corrected chi connectivity index (χ1v) is 7.16. The van der Waals surface area contributed by atoms with Crippen molar-refractivity contribution in [2.75, 3.05) is 13.6 Å². The van der Waals surface area contributed by atoms with Gasteiger partial charge in [-0.1, -0.05) is 43.2 Å². The molecular formula is C16H24N2O. The molecule has 1 aliphatic rings. The highest BCUT2D eigenvalue weighted by molar-refractivity contribution is 5.77. The predicted molar refractivity (Wildman–Crippen MR) is 77.8 cm³/mol. The van der Waals surface area contributed by atoms with Gasteiger partial charge in [0.25, 0.3) is 0 Å². The number of hydrogen-bond donors (Lipinski definition) is 1. The molecule has 3 heteroatoms. The summed E-state index contributed by atoms with van der Waals surface area (Å²) in [5.74, 6) is 0.181. The van der Waals surface area contributed by atoms with Crippen molar-refractivity contribution in [3.63, 3.8) is 0 Å². The van der Waals surface area contributed by atoms with E-state index >= 15 is 0 Å². The van der Waals surface area contributed by atoms with E-state index in [1.165, 1.54) is 5.56 Å². The normalized spacial score (nSPS) is 17.4. The van der Waals surface area contributed by atoms with Crippen LogP contribution in [0.4, 0.5) is 0 Å². The maximum Gasteiger partial charge on any atom is 0.224 e. The third-order valence-electron chi connectivity index (χ3n) is 4.11. The van der Waals surface area contributed by atoms with Crippen molar-refractivity contribution < 1.29 is 4.79 Å². The highest BCUT2D eigenvalue weighted by atomic mass is 16.2. The molecule has 19 heavy (non-hydrogen) atoms. The van der Waals surface area contributed by atoms with Gasteiger partial charge in [0, 0.05) is 25.6 Å². The van der Waals surface area contributed by atoms with Crippen LogP contribution in [0.1, 0.15) is 37.7 Å². The molecule has 0 atom stereocenters. The molecule has 0 heterocycles. The molecule has 3 nitrogen and oxygen atoms in total. The van der Waals surface area contributed by atoms with Crippen LogP contribution in [-0.4, -0.2) is 29.9 Å². The first kappa shape index (κ1) is 14.1. The zero-order valence-corrected chi connectivity index (χ0v) is 11.8. The largest absolute Gasteiger partial charge is 0.345 e. The SMILES string of the molecule is CN(CCc1ccccc1)C(=O)CC1(N)CCCC1. The fraction of sp³-hybridized carbons (Fsp3) is 0.562. The van der Waals surface area contributed by atoms with E-state index in [2.05, 4.69) is 12.1 Å². The van der Waals surface area contributed by atoms with Crippen LogP contribution in [0, 0.1) is 0 Å². The quantitative estimate of drug-likeness (QED) is 0.883. The lowest BCUT2D eigenvalue weighted by molar-refractivity contribution is -0.131. The van der Waals surface area contributed by atoms with Crippen molar-refractivity contribution in [2.45, 2.75) is 44.1 Å². The van der Waals surface area contributed by atoms with Crippen molar-refractivity contribution in [1.29, 1.82) is 0 Å². The minimum atomic E-state index is -0.238. The Labute approximate surface area is 115 Å². The summed E-state index contributed by atoms with van der Waals surface area (Å²) >= 11 is 0. The topological polar surface area (TPSA) is 46.3 Å². The van der Waals surface area contributed by atoms with Crippen LogP contribution >= 0.6 is 0 Å². The monoisotopic (exact) mass is 260 g/mol. The number of likely N-dealkylation sites (N-methyl/N-ethyl adjacent to an activating group) is 1. The van der Waals surface area contributed by atoms with E-state index < -0.39 is 0 Å². The Balaban J connectivity index is 1.79.